The maximum Gasteiger partial charge on any atom is 0.217 e. The van der Waals surface area contributed by atoms with E-state index < -0.39 is 0 Å². The Morgan fingerprint density at radius 1 is 1.04 bits per heavy atom. The van der Waals surface area contributed by atoms with Gasteiger partial charge in [-0.1, -0.05) is 54.3 Å². The molecule has 1 amide bonds. The highest BCUT2D eigenvalue weighted by atomic mass is 16.1. The second-order valence-electron chi connectivity index (χ2n) is 6.66. The van der Waals surface area contributed by atoms with Gasteiger partial charge in [-0.2, -0.15) is 5.10 Å². The molecule has 0 spiro atoms. The van der Waals surface area contributed by atoms with E-state index in [1.54, 1.807) is 6.20 Å². The highest BCUT2D eigenvalue weighted by Gasteiger charge is 2.04. The van der Waals surface area contributed by atoms with E-state index in [9.17, 15) is 4.79 Å². The number of carbonyl (C=O) groups excluding carboxylic acids is 1. The SMILES string of the molecule is CC(=O)NC(C)Cc1ccc(C#Cc2cnn(Cc3ccccc3)c2)cc1. The normalized spacial score (nSPS) is 11.3. The fourth-order valence-corrected chi connectivity index (χ4v) is 2.91. The number of benzene rings is 2. The summed E-state index contributed by atoms with van der Waals surface area (Å²) < 4.78 is 1.89. The molecule has 1 heterocycles. The van der Waals surface area contributed by atoms with Gasteiger partial charge in [-0.05, 0) is 36.6 Å². The third-order valence-corrected chi connectivity index (χ3v) is 4.12. The van der Waals surface area contributed by atoms with Gasteiger partial charge in [-0.25, -0.2) is 0 Å². The van der Waals surface area contributed by atoms with Crippen LogP contribution in [0.3, 0.4) is 0 Å². The van der Waals surface area contributed by atoms with E-state index in [1.807, 2.05) is 48.1 Å². The molecule has 0 saturated heterocycles. The van der Waals surface area contributed by atoms with Gasteiger partial charge in [0.15, 0.2) is 0 Å². The summed E-state index contributed by atoms with van der Waals surface area (Å²) in [5, 5.41) is 7.27. The zero-order valence-electron chi connectivity index (χ0n) is 15.6. The molecular formula is C23H23N3O. The number of carbonyl (C=O) groups is 1. The van der Waals surface area contributed by atoms with Crippen LogP contribution in [-0.2, 0) is 17.8 Å². The molecule has 0 fully saturated rings. The monoisotopic (exact) mass is 357 g/mol. The van der Waals surface area contributed by atoms with E-state index in [2.05, 4.69) is 46.5 Å². The van der Waals surface area contributed by atoms with Crippen LogP contribution in [0.2, 0.25) is 0 Å². The Labute approximate surface area is 160 Å². The van der Waals surface area contributed by atoms with E-state index in [4.69, 9.17) is 0 Å². The predicted octanol–water partition coefficient (Wildman–Crippen LogP) is 3.40. The number of nitrogens with zero attached hydrogens (tertiary/aromatic N) is 2. The lowest BCUT2D eigenvalue weighted by atomic mass is 10.1. The largest absolute Gasteiger partial charge is 0.354 e. The van der Waals surface area contributed by atoms with Crippen molar-refractivity contribution in [2.75, 3.05) is 0 Å². The van der Waals surface area contributed by atoms with Crippen LogP contribution in [0.15, 0.2) is 67.0 Å². The quantitative estimate of drug-likeness (QED) is 0.712. The average Bonchev–Trinajstić information content (AvgIpc) is 3.09. The van der Waals surface area contributed by atoms with Crippen molar-refractivity contribution < 1.29 is 4.79 Å². The van der Waals surface area contributed by atoms with E-state index >= 15 is 0 Å². The Bertz CT molecular complexity index is 947. The number of nitrogens with one attached hydrogen (secondary N) is 1. The van der Waals surface area contributed by atoms with Crippen molar-refractivity contribution in [2.45, 2.75) is 32.9 Å². The van der Waals surface area contributed by atoms with Gasteiger partial charge in [0, 0.05) is 24.7 Å². The molecule has 136 valence electrons. The van der Waals surface area contributed by atoms with Gasteiger partial charge in [0.1, 0.15) is 0 Å². The summed E-state index contributed by atoms with van der Waals surface area (Å²) in [4.78, 5) is 11.1. The van der Waals surface area contributed by atoms with E-state index in [0.29, 0.717) is 0 Å². The minimum absolute atomic E-state index is 0.00204. The number of amides is 1. The van der Waals surface area contributed by atoms with Crippen LogP contribution in [0.1, 0.15) is 36.1 Å². The van der Waals surface area contributed by atoms with Gasteiger partial charge in [-0.15, -0.1) is 0 Å². The molecule has 4 heteroatoms. The van der Waals surface area contributed by atoms with Crippen LogP contribution in [-0.4, -0.2) is 21.7 Å². The van der Waals surface area contributed by atoms with Crippen LogP contribution in [0.5, 0.6) is 0 Å². The highest BCUT2D eigenvalue weighted by Crippen LogP contribution is 2.07. The van der Waals surface area contributed by atoms with Crippen molar-refractivity contribution in [3.8, 4) is 11.8 Å². The molecule has 1 N–H and O–H groups in total. The molecule has 0 aliphatic heterocycles. The fourth-order valence-electron chi connectivity index (χ4n) is 2.91. The van der Waals surface area contributed by atoms with Gasteiger partial charge >= 0.3 is 0 Å². The minimum atomic E-state index is -0.00204. The molecule has 1 unspecified atom stereocenters. The first-order valence-corrected chi connectivity index (χ1v) is 9.03. The topological polar surface area (TPSA) is 46.9 Å². The second kappa shape index (κ2) is 8.86. The minimum Gasteiger partial charge on any atom is -0.354 e. The van der Waals surface area contributed by atoms with Crippen LogP contribution in [0.25, 0.3) is 0 Å². The molecule has 0 aliphatic carbocycles. The summed E-state index contributed by atoms with van der Waals surface area (Å²) in [6, 6.07) is 18.5. The smallest absolute Gasteiger partial charge is 0.217 e. The summed E-state index contributed by atoms with van der Waals surface area (Å²) >= 11 is 0. The first-order chi connectivity index (χ1) is 13.1. The van der Waals surface area contributed by atoms with Gasteiger partial charge in [0.05, 0.1) is 18.3 Å². The Kier molecular flexibility index (Phi) is 6.06. The average molecular weight is 357 g/mol. The third kappa shape index (κ3) is 5.86. The molecule has 0 saturated carbocycles. The van der Waals surface area contributed by atoms with Gasteiger partial charge in [0.2, 0.25) is 5.91 Å². The first kappa shape index (κ1) is 18.5. The fraction of sp³-hybridized carbons (Fsp3) is 0.217. The van der Waals surface area contributed by atoms with Crippen molar-refractivity contribution in [1.29, 1.82) is 0 Å². The Hall–Kier alpha value is -3.32. The molecule has 0 aliphatic rings. The standard InChI is InChI=1S/C23H23N3O/c1-18(25-19(2)27)14-21-11-8-20(9-12-21)10-13-23-15-24-26(17-23)16-22-6-4-3-5-7-22/h3-9,11-12,15,17-18H,14,16H2,1-2H3,(H,25,27). The Morgan fingerprint density at radius 2 is 1.74 bits per heavy atom. The lowest BCUT2D eigenvalue weighted by Gasteiger charge is -2.12. The zero-order chi connectivity index (χ0) is 19.1. The van der Waals surface area contributed by atoms with Crippen LogP contribution in [0, 0.1) is 11.8 Å². The molecule has 1 aromatic heterocycles. The summed E-state index contributed by atoms with van der Waals surface area (Å²) in [6.45, 7) is 4.28. The molecule has 0 radical (unpaired) electrons. The van der Waals surface area contributed by atoms with Crippen molar-refractivity contribution in [1.82, 2.24) is 15.1 Å². The van der Waals surface area contributed by atoms with Crippen LogP contribution in [0.4, 0.5) is 0 Å². The number of rotatable bonds is 5. The van der Waals surface area contributed by atoms with Crippen LogP contribution >= 0.6 is 0 Å². The molecule has 3 aromatic rings. The maximum absolute atomic E-state index is 11.1. The summed E-state index contributed by atoms with van der Waals surface area (Å²) in [5.41, 5.74) is 4.25. The summed E-state index contributed by atoms with van der Waals surface area (Å²) in [6.07, 6.45) is 4.56. The van der Waals surface area contributed by atoms with Crippen LogP contribution < -0.4 is 5.32 Å². The third-order valence-electron chi connectivity index (χ3n) is 4.12. The lowest BCUT2D eigenvalue weighted by molar-refractivity contribution is -0.119. The number of hydrogen-bond donors (Lipinski definition) is 1. The predicted molar refractivity (Wildman–Crippen MR) is 107 cm³/mol. The molecule has 4 nitrogen and oxygen atoms in total. The van der Waals surface area contributed by atoms with E-state index in [0.717, 1.165) is 24.1 Å². The molecular weight excluding hydrogens is 334 g/mol. The molecule has 3 rings (SSSR count). The highest BCUT2D eigenvalue weighted by molar-refractivity contribution is 5.73. The Balaban J connectivity index is 1.60. The van der Waals surface area contributed by atoms with E-state index in [1.165, 1.54) is 18.1 Å². The van der Waals surface area contributed by atoms with Gasteiger partial charge in [-0.3, -0.25) is 9.48 Å². The van der Waals surface area contributed by atoms with Crippen molar-refractivity contribution in [2.24, 2.45) is 0 Å². The lowest BCUT2D eigenvalue weighted by Crippen LogP contribution is -2.31. The Morgan fingerprint density at radius 3 is 2.44 bits per heavy atom. The first-order valence-electron chi connectivity index (χ1n) is 9.03. The van der Waals surface area contributed by atoms with Gasteiger partial charge in [0.25, 0.3) is 0 Å². The molecule has 0 bridgehead atoms. The number of hydrogen-bond acceptors (Lipinski definition) is 2. The van der Waals surface area contributed by atoms with Crippen molar-refractivity contribution >= 4 is 5.91 Å². The molecule has 1 atom stereocenters. The van der Waals surface area contributed by atoms with Crippen molar-refractivity contribution in [3.05, 3.63) is 89.2 Å². The van der Waals surface area contributed by atoms with Crippen molar-refractivity contribution in [3.63, 3.8) is 0 Å². The summed E-state index contributed by atoms with van der Waals surface area (Å²) in [7, 11) is 0. The molecule has 27 heavy (non-hydrogen) atoms. The number of aromatic nitrogens is 2. The van der Waals surface area contributed by atoms with E-state index in [-0.39, 0.29) is 11.9 Å². The maximum atomic E-state index is 11.1. The van der Waals surface area contributed by atoms with Gasteiger partial charge < -0.3 is 5.32 Å². The zero-order valence-corrected chi connectivity index (χ0v) is 15.6. The second-order valence-corrected chi connectivity index (χ2v) is 6.66. The molecule has 2 aromatic carbocycles. The summed E-state index contributed by atoms with van der Waals surface area (Å²) in [5.74, 6) is 6.34.